The van der Waals surface area contributed by atoms with Gasteiger partial charge < -0.3 is 18.9 Å². The molecule has 3 heterocycles. The molecule has 8 heteroatoms. The summed E-state index contributed by atoms with van der Waals surface area (Å²) in [7, 11) is 1.62. The number of carbonyl (C=O) groups excluding carboxylic acids is 1. The molecular weight excluding hydrogens is 366 g/mol. The van der Waals surface area contributed by atoms with Gasteiger partial charge in [-0.25, -0.2) is 0 Å². The molecule has 0 atom stereocenters. The molecule has 1 amide bonds. The number of aromatic nitrogens is 2. The van der Waals surface area contributed by atoms with Gasteiger partial charge in [0.05, 0.1) is 17.9 Å². The third kappa shape index (κ3) is 3.66. The average Bonchev–Trinajstić information content (AvgIpc) is 3.28. The van der Waals surface area contributed by atoms with E-state index in [0.29, 0.717) is 30.6 Å². The molecule has 0 N–H and O–H groups in total. The number of ether oxygens (including phenoxy) is 2. The molecule has 2 aromatic heterocycles. The standard InChI is InChI=1S/C19H19N3O4S/c1-12-7-8-27-17(12)19(23)22-9-13(10-22)18-20-16(26-21-18)11-25-15-5-3-14(24-2)4-6-15/h3-8,13H,9-11H2,1-2H3. The van der Waals surface area contributed by atoms with Gasteiger partial charge >= 0.3 is 0 Å². The minimum Gasteiger partial charge on any atom is -0.497 e. The Balaban J connectivity index is 1.30. The van der Waals surface area contributed by atoms with Gasteiger partial charge in [-0.3, -0.25) is 4.79 Å². The second kappa shape index (κ2) is 7.40. The van der Waals surface area contributed by atoms with Crippen LogP contribution in [0.2, 0.25) is 0 Å². The number of likely N-dealkylation sites (tertiary alicyclic amines) is 1. The Morgan fingerprint density at radius 2 is 2.00 bits per heavy atom. The summed E-state index contributed by atoms with van der Waals surface area (Å²) in [6.07, 6.45) is 0. The number of benzene rings is 1. The lowest BCUT2D eigenvalue weighted by atomic mass is 9.99. The van der Waals surface area contributed by atoms with E-state index < -0.39 is 0 Å². The van der Waals surface area contributed by atoms with E-state index in [-0.39, 0.29) is 18.4 Å². The van der Waals surface area contributed by atoms with Gasteiger partial charge in [-0.15, -0.1) is 11.3 Å². The molecule has 0 saturated carbocycles. The largest absolute Gasteiger partial charge is 0.497 e. The highest BCUT2D eigenvalue weighted by molar-refractivity contribution is 7.12. The Morgan fingerprint density at radius 1 is 1.26 bits per heavy atom. The van der Waals surface area contributed by atoms with Gasteiger partial charge in [0, 0.05) is 13.1 Å². The van der Waals surface area contributed by atoms with E-state index in [9.17, 15) is 4.79 Å². The van der Waals surface area contributed by atoms with Crippen LogP contribution >= 0.6 is 11.3 Å². The summed E-state index contributed by atoms with van der Waals surface area (Å²) >= 11 is 1.48. The lowest BCUT2D eigenvalue weighted by molar-refractivity contribution is 0.0596. The van der Waals surface area contributed by atoms with Crippen molar-refractivity contribution in [3.63, 3.8) is 0 Å². The van der Waals surface area contributed by atoms with E-state index >= 15 is 0 Å². The van der Waals surface area contributed by atoms with Crippen molar-refractivity contribution in [1.29, 1.82) is 0 Å². The topological polar surface area (TPSA) is 77.7 Å². The van der Waals surface area contributed by atoms with Crippen molar-refractivity contribution in [3.05, 3.63) is 57.9 Å². The third-order valence-corrected chi connectivity index (χ3v) is 5.50. The van der Waals surface area contributed by atoms with Crippen molar-refractivity contribution in [2.75, 3.05) is 20.2 Å². The second-order valence-electron chi connectivity index (χ2n) is 6.35. The van der Waals surface area contributed by atoms with Crippen LogP contribution < -0.4 is 9.47 Å². The first-order chi connectivity index (χ1) is 13.1. The normalized spacial score (nSPS) is 14.1. The minimum absolute atomic E-state index is 0.0744. The zero-order chi connectivity index (χ0) is 18.8. The molecule has 140 valence electrons. The fraction of sp³-hybridized carbons (Fsp3) is 0.316. The number of thiophene rings is 1. The lowest BCUT2D eigenvalue weighted by Crippen LogP contribution is -2.48. The van der Waals surface area contributed by atoms with Gasteiger partial charge in [0.25, 0.3) is 11.8 Å². The fourth-order valence-electron chi connectivity index (χ4n) is 2.85. The Labute approximate surface area is 160 Å². The number of hydrogen-bond donors (Lipinski definition) is 0. The van der Waals surface area contributed by atoms with Crippen LogP contribution in [0.5, 0.6) is 11.5 Å². The zero-order valence-electron chi connectivity index (χ0n) is 15.0. The number of nitrogens with zero attached hydrogens (tertiary/aromatic N) is 3. The lowest BCUT2D eigenvalue weighted by Gasteiger charge is -2.37. The smallest absolute Gasteiger partial charge is 0.264 e. The van der Waals surface area contributed by atoms with E-state index in [1.165, 1.54) is 11.3 Å². The number of rotatable bonds is 6. The van der Waals surface area contributed by atoms with Crippen LogP contribution in [0.25, 0.3) is 0 Å². The molecule has 1 aliphatic rings. The van der Waals surface area contributed by atoms with Crippen LogP contribution in [0.4, 0.5) is 0 Å². The highest BCUT2D eigenvalue weighted by Crippen LogP contribution is 2.29. The molecule has 0 spiro atoms. The number of methoxy groups -OCH3 is 1. The molecule has 1 aromatic carbocycles. The summed E-state index contributed by atoms with van der Waals surface area (Å²) in [4.78, 5) is 19.4. The quantitative estimate of drug-likeness (QED) is 0.648. The number of carbonyl (C=O) groups is 1. The molecular formula is C19H19N3O4S. The molecule has 1 aliphatic heterocycles. The summed E-state index contributed by atoms with van der Waals surface area (Å²) in [5.41, 5.74) is 1.02. The Bertz CT molecular complexity index is 929. The molecule has 1 saturated heterocycles. The van der Waals surface area contributed by atoms with Gasteiger partial charge in [-0.2, -0.15) is 4.98 Å². The van der Waals surface area contributed by atoms with E-state index in [1.54, 1.807) is 7.11 Å². The van der Waals surface area contributed by atoms with Crippen LogP contribution in [0, 0.1) is 6.92 Å². The fourth-order valence-corrected chi connectivity index (χ4v) is 3.74. The van der Waals surface area contributed by atoms with E-state index in [1.807, 2.05) is 47.5 Å². The van der Waals surface area contributed by atoms with Crippen LogP contribution in [-0.4, -0.2) is 41.1 Å². The Morgan fingerprint density at radius 3 is 2.67 bits per heavy atom. The summed E-state index contributed by atoms with van der Waals surface area (Å²) in [6, 6.07) is 9.24. The summed E-state index contributed by atoms with van der Waals surface area (Å²) < 4.78 is 16.0. The maximum Gasteiger partial charge on any atom is 0.264 e. The van der Waals surface area contributed by atoms with Crippen molar-refractivity contribution in [2.45, 2.75) is 19.4 Å². The Hall–Kier alpha value is -2.87. The van der Waals surface area contributed by atoms with Crippen molar-refractivity contribution in [3.8, 4) is 11.5 Å². The van der Waals surface area contributed by atoms with Crippen molar-refractivity contribution in [1.82, 2.24) is 15.0 Å². The Kier molecular flexibility index (Phi) is 4.81. The highest BCUT2D eigenvalue weighted by atomic mass is 32.1. The van der Waals surface area contributed by atoms with Gasteiger partial charge in [-0.05, 0) is 48.2 Å². The molecule has 4 rings (SSSR count). The first kappa shape index (κ1) is 17.5. The van der Waals surface area contributed by atoms with Gasteiger partial charge in [0.15, 0.2) is 12.4 Å². The van der Waals surface area contributed by atoms with Crippen LogP contribution in [0.15, 0.2) is 40.2 Å². The first-order valence-electron chi connectivity index (χ1n) is 8.56. The third-order valence-electron chi connectivity index (χ3n) is 4.50. The second-order valence-corrected chi connectivity index (χ2v) is 7.27. The average molecular weight is 385 g/mol. The summed E-state index contributed by atoms with van der Waals surface area (Å²) in [6.45, 7) is 3.36. The van der Waals surface area contributed by atoms with Crippen LogP contribution in [0.1, 0.15) is 32.9 Å². The SMILES string of the molecule is COc1ccc(OCc2nc(C3CN(C(=O)c4sccc4C)C3)no2)cc1. The van der Waals surface area contributed by atoms with Crippen LogP contribution in [0.3, 0.4) is 0 Å². The number of hydrogen-bond acceptors (Lipinski definition) is 7. The van der Waals surface area contributed by atoms with E-state index in [2.05, 4.69) is 10.1 Å². The van der Waals surface area contributed by atoms with Crippen molar-refractivity contribution >= 4 is 17.2 Å². The predicted octanol–water partition coefficient (Wildman–Crippen LogP) is 3.27. The molecule has 3 aromatic rings. The first-order valence-corrected chi connectivity index (χ1v) is 9.44. The maximum atomic E-state index is 12.4. The van der Waals surface area contributed by atoms with Gasteiger partial charge in [-0.1, -0.05) is 5.16 Å². The van der Waals surface area contributed by atoms with Crippen molar-refractivity contribution < 1.29 is 18.8 Å². The molecule has 27 heavy (non-hydrogen) atoms. The number of amides is 1. The van der Waals surface area contributed by atoms with Crippen molar-refractivity contribution in [2.24, 2.45) is 0 Å². The molecule has 0 radical (unpaired) electrons. The molecule has 0 unspecified atom stereocenters. The highest BCUT2D eigenvalue weighted by Gasteiger charge is 2.36. The molecule has 0 bridgehead atoms. The van der Waals surface area contributed by atoms with E-state index in [4.69, 9.17) is 14.0 Å². The number of aryl methyl sites for hydroxylation is 1. The molecule has 0 aliphatic carbocycles. The summed E-state index contributed by atoms with van der Waals surface area (Å²) in [5, 5.41) is 5.97. The monoisotopic (exact) mass is 385 g/mol. The van der Waals surface area contributed by atoms with E-state index in [0.717, 1.165) is 16.2 Å². The van der Waals surface area contributed by atoms with Gasteiger partial charge in [0.1, 0.15) is 11.5 Å². The predicted molar refractivity (Wildman–Crippen MR) is 99.3 cm³/mol. The zero-order valence-corrected chi connectivity index (χ0v) is 15.9. The van der Waals surface area contributed by atoms with Crippen LogP contribution in [-0.2, 0) is 6.61 Å². The maximum absolute atomic E-state index is 12.4. The minimum atomic E-state index is 0.0744. The molecule has 1 fully saturated rings. The summed E-state index contributed by atoms with van der Waals surface area (Å²) in [5.74, 6) is 2.68. The molecule has 7 nitrogen and oxygen atoms in total. The van der Waals surface area contributed by atoms with Gasteiger partial charge in [0.2, 0.25) is 0 Å².